The van der Waals surface area contributed by atoms with Gasteiger partial charge in [-0.1, -0.05) is 30.3 Å². The Bertz CT molecular complexity index is 510. The summed E-state index contributed by atoms with van der Waals surface area (Å²) in [5.74, 6) is 0.0774. The van der Waals surface area contributed by atoms with Gasteiger partial charge in [0, 0.05) is 18.2 Å². The first-order chi connectivity index (χ1) is 9.87. The highest BCUT2D eigenvalue weighted by Crippen LogP contribution is 2.28. The first-order valence-corrected chi connectivity index (χ1v) is 7.21. The second kappa shape index (κ2) is 6.26. The summed E-state index contributed by atoms with van der Waals surface area (Å²) in [7, 11) is 0. The highest BCUT2D eigenvalue weighted by molar-refractivity contribution is 5.97. The number of carbonyl (C=O) groups is 2. The van der Waals surface area contributed by atoms with Crippen molar-refractivity contribution in [2.45, 2.75) is 38.3 Å². The van der Waals surface area contributed by atoms with Crippen molar-refractivity contribution >= 4 is 11.9 Å². The Hall–Kier alpha value is -1.88. The number of hydrogen-bond acceptors (Lipinski definition) is 3. The van der Waals surface area contributed by atoms with Crippen molar-refractivity contribution in [2.24, 2.45) is 0 Å². The third-order valence-corrected chi connectivity index (χ3v) is 3.55. The van der Waals surface area contributed by atoms with E-state index in [9.17, 15) is 9.59 Å². The fraction of sp³-hybridized carbons (Fsp3) is 0.500. The molecular formula is C16H22N2O3. The number of carbonyl (C=O) groups excluding carboxylic acids is 1. The van der Waals surface area contributed by atoms with Crippen LogP contribution in [-0.2, 0) is 0 Å². The van der Waals surface area contributed by atoms with Gasteiger partial charge in [-0.3, -0.25) is 9.69 Å². The second-order valence-corrected chi connectivity index (χ2v) is 6.24. The van der Waals surface area contributed by atoms with Gasteiger partial charge in [-0.05, 0) is 26.7 Å². The molecule has 1 aliphatic carbocycles. The van der Waals surface area contributed by atoms with E-state index in [1.54, 1.807) is 0 Å². The lowest BCUT2D eigenvalue weighted by molar-refractivity contribution is 0.0900. The van der Waals surface area contributed by atoms with Gasteiger partial charge in [0.15, 0.2) is 5.78 Å². The molecule has 2 N–H and O–H groups in total. The molecule has 0 aromatic heterocycles. The van der Waals surface area contributed by atoms with Crippen molar-refractivity contribution in [1.29, 1.82) is 0 Å². The van der Waals surface area contributed by atoms with E-state index in [0.717, 1.165) is 12.8 Å². The molecule has 0 bridgehead atoms. The number of hydrogen-bond donors (Lipinski definition) is 2. The zero-order valence-corrected chi connectivity index (χ0v) is 12.5. The van der Waals surface area contributed by atoms with Crippen LogP contribution < -0.4 is 5.32 Å². The molecule has 1 aromatic carbocycles. The Kier molecular flexibility index (Phi) is 4.63. The number of nitrogens with zero attached hydrogens (tertiary/aromatic N) is 1. The fourth-order valence-corrected chi connectivity index (χ4v) is 2.49. The number of carboxylic acid groups (broad SMARTS) is 1. The molecule has 1 fully saturated rings. The Morgan fingerprint density at radius 1 is 1.29 bits per heavy atom. The van der Waals surface area contributed by atoms with E-state index in [1.165, 1.54) is 0 Å². The van der Waals surface area contributed by atoms with Crippen LogP contribution in [0.3, 0.4) is 0 Å². The van der Waals surface area contributed by atoms with Crippen molar-refractivity contribution in [3.8, 4) is 0 Å². The highest BCUT2D eigenvalue weighted by Gasteiger charge is 2.34. The second-order valence-electron chi connectivity index (χ2n) is 6.24. The molecule has 2 rings (SSSR count). The SMILES string of the molecule is CC(C)(CN(CC(=O)c1ccccc1)C1CC1)NC(=O)O. The molecule has 0 atom stereocenters. The molecule has 1 aliphatic rings. The van der Waals surface area contributed by atoms with Crippen LogP contribution in [0, 0.1) is 0 Å². The molecule has 5 heteroatoms. The maximum absolute atomic E-state index is 12.3. The Labute approximate surface area is 125 Å². The summed E-state index contributed by atoms with van der Waals surface area (Å²) < 4.78 is 0. The maximum atomic E-state index is 12.3. The quantitative estimate of drug-likeness (QED) is 0.756. The van der Waals surface area contributed by atoms with E-state index in [-0.39, 0.29) is 5.78 Å². The lowest BCUT2D eigenvalue weighted by Crippen LogP contribution is -2.52. The van der Waals surface area contributed by atoms with Crippen molar-refractivity contribution in [3.63, 3.8) is 0 Å². The third kappa shape index (κ3) is 4.86. The van der Waals surface area contributed by atoms with E-state index in [4.69, 9.17) is 5.11 Å². The number of Topliss-reactive ketones (excluding diaryl/α,β-unsaturated/α-hetero) is 1. The summed E-state index contributed by atoms with van der Waals surface area (Å²) in [6.45, 7) is 4.54. The summed E-state index contributed by atoms with van der Waals surface area (Å²) in [4.78, 5) is 25.2. The number of benzene rings is 1. The smallest absolute Gasteiger partial charge is 0.405 e. The van der Waals surface area contributed by atoms with E-state index >= 15 is 0 Å². The van der Waals surface area contributed by atoms with Crippen molar-refractivity contribution in [2.75, 3.05) is 13.1 Å². The number of amides is 1. The summed E-state index contributed by atoms with van der Waals surface area (Å²) in [6, 6.07) is 9.61. The predicted octanol–water partition coefficient (Wildman–Crippen LogP) is 2.38. The van der Waals surface area contributed by atoms with Crippen LogP contribution in [0.15, 0.2) is 30.3 Å². The zero-order valence-electron chi connectivity index (χ0n) is 12.5. The monoisotopic (exact) mass is 290 g/mol. The molecular weight excluding hydrogens is 268 g/mol. The van der Waals surface area contributed by atoms with E-state index in [2.05, 4.69) is 10.2 Å². The number of nitrogens with one attached hydrogen (secondary N) is 1. The molecule has 21 heavy (non-hydrogen) atoms. The van der Waals surface area contributed by atoms with E-state index in [1.807, 2.05) is 44.2 Å². The first-order valence-electron chi connectivity index (χ1n) is 7.21. The van der Waals surface area contributed by atoms with Gasteiger partial charge < -0.3 is 10.4 Å². The van der Waals surface area contributed by atoms with Crippen LogP contribution in [0.5, 0.6) is 0 Å². The molecule has 0 spiro atoms. The van der Waals surface area contributed by atoms with Gasteiger partial charge in [-0.25, -0.2) is 4.79 Å². The van der Waals surface area contributed by atoms with Crippen molar-refractivity contribution in [3.05, 3.63) is 35.9 Å². The van der Waals surface area contributed by atoms with Gasteiger partial charge in [0.25, 0.3) is 0 Å². The standard InChI is InChI=1S/C16H22N2O3/c1-16(2,17-15(20)21)11-18(13-8-9-13)10-14(19)12-6-4-3-5-7-12/h3-7,13,17H,8-11H2,1-2H3,(H,20,21). The Morgan fingerprint density at radius 3 is 2.43 bits per heavy atom. The third-order valence-electron chi connectivity index (χ3n) is 3.55. The highest BCUT2D eigenvalue weighted by atomic mass is 16.4. The number of ketones is 1. The molecule has 5 nitrogen and oxygen atoms in total. The molecule has 114 valence electrons. The van der Waals surface area contributed by atoms with Crippen LogP contribution in [0.25, 0.3) is 0 Å². The molecule has 1 amide bonds. The molecule has 0 aliphatic heterocycles. The normalized spacial score (nSPS) is 15.0. The Morgan fingerprint density at radius 2 is 1.90 bits per heavy atom. The van der Waals surface area contributed by atoms with Gasteiger partial charge in [0.05, 0.1) is 12.1 Å². The maximum Gasteiger partial charge on any atom is 0.405 e. The summed E-state index contributed by atoms with van der Waals surface area (Å²) in [5.41, 5.74) is 0.123. The fourth-order valence-electron chi connectivity index (χ4n) is 2.49. The molecule has 0 heterocycles. The molecule has 0 radical (unpaired) electrons. The van der Waals surface area contributed by atoms with E-state index in [0.29, 0.717) is 24.7 Å². The average Bonchev–Trinajstić information content (AvgIpc) is 3.21. The zero-order chi connectivity index (χ0) is 15.5. The topological polar surface area (TPSA) is 69.6 Å². The minimum absolute atomic E-state index is 0.0774. The van der Waals surface area contributed by atoms with E-state index < -0.39 is 11.6 Å². The molecule has 1 saturated carbocycles. The summed E-state index contributed by atoms with van der Waals surface area (Å²) in [5, 5.41) is 11.4. The molecule has 0 unspecified atom stereocenters. The summed E-state index contributed by atoms with van der Waals surface area (Å²) in [6.07, 6.45) is 1.11. The van der Waals surface area contributed by atoms with Gasteiger partial charge in [0.1, 0.15) is 0 Å². The van der Waals surface area contributed by atoms with Crippen LogP contribution in [0.1, 0.15) is 37.0 Å². The lowest BCUT2D eigenvalue weighted by atomic mass is 10.0. The van der Waals surface area contributed by atoms with Crippen LogP contribution in [-0.4, -0.2) is 46.6 Å². The van der Waals surface area contributed by atoms with Crippen LogP contribution in [0.4, 0.5) is 4.79 Å². The van der Waals surface area contributed by atoms with Crippen LogP contribution >= 0.6 is 0 Å². The van der Waals surface area contributed by atoms with Crippen molar-refractivity contribution < 1.29 is 14.7 Å². The largest absolute Gasteiger partial charge is 0.465 e. The molecule has 1 aromatic rings. The minimum Gasteiger partial charge on any atom is -0.465 e. The predicted molar refractivity (Wildman–Crippen MR) is 80.6 cm³/mol. The average molecular weight is 290 g/mol. The number of rotatable bonds is 7. The van der Waals surface area contributed by atoms with Gasteiger partial charge in [-0.15, -0.1) is 0 Å². The first kappa shape index (κ1) is 15.5. The van der Waals surface area contributed by atoms with Gasteiger partial charge in [-0.2, -0.15) is 0 Å². The Balaban J connectivity index is 2.00. The van der Waals surface area contributed by atoms with Gasteiger partial charge in [0.2, 0.25) is 0 Å². The van der Waals surface area contributed by atoms with Crippen LogP contribution in [0.2, 0.25) is 0 Å². The minimum atomic E-state index is -1.04. The summed E-state index contributed by atoms with van der Waals surface area (Å²) >= 11 is 0. The van der Waals surface area contributed by atoms with Crippen molar-refractivity contribution in [1.82, 2.24) is 10.2 Å². The molecule has 0 saturated heterocycles. The lowest BCUT2D eigenvalue weighted by Gasteiger charge is -2.32. The van der Waals surface area contributed by atoms with Gasteiger partial charge >= 0.3 is 6.09 Å².